The van der Waals surface area contributed by atoms with E-state index >= 15 is 0 Å². The molecule has 0 radical (unpaired) electrons. The molecule has 6 nitrogen and oxygen atoms in total. The molecule has 1 amide bonds. The molecule has 0 unspecified atom stereocenters. The molecule has 0 spiro atoms. The molecule has 0 saturated heterocycles. The first kappa shape index (κ1) is 14.6. The zero-order chi connectivity index (χ0) is 13.4. The van der Waals surface area contributed by atoms with Crippen LogP contribution >= 0.6 is 11.3 Å². The third-order valence-electron chi connectivity index (χ3n) is 2.09. The molecule has 1 aromatic heterocycles. The van der Waals surface area contributed by atoms with E-state index in [1.807, 2.05) is 6.92 Å². The Hall–Kier alpha value is -1.47. The van der Waals surface area contributed by atoms with Gasteiger partial charge in [-0.25, -0.2) is 4.98 Å². The summed E-state index contributed by atoms with van der Waals surface area (Å²) in [6.07, 6.45) is 1.25. The van der Waals surface area contributed by atoms with Crippen LogP contribution in [0.2, 0.25) is 0 Å². The van der Waals surface area contributed by atoms with Crippen molar-refractivity contribution in [1.29, 1.82) is 0 Å². The highest BCUT2D eigenvalue weighted by atomic mass is 32.1. The fourth-order valence-electron chi connectivity index (χ4n) is 1.14. The van der Waals surface area contributed by atoms with Gasteiger partial charge in [-0.1, -0.05) is 12.1 Å². The van der Waals surface area contributed by atoms with Crippen molar-refractivity contribution in [2.45, 2.75) is 26.7 Å². The number of nitrogens with one attached hydrogen (secondary N) is 1. The average Bonchev–Trinajstić information content (AvgIpc) is 2.82. The van der Waals surface area contributed by atoms with Crippen LogP contribution in [0.15, 0.2) is 10.5 Å². The van der Waals surface area contributed by atoms with Gasteiger partial charge < -0.3 is 15.3 Å². The zero-order valence-electron chi connectivity index (χ0n) is 10.5. The van der Waals surface area contributed by atoms with Crippen LogP contribution in [-0.2, 0) is 9.53 Å². The number of oxime groups is 1. The van der Waals surface area contributed by atoms with E-state index in [0.29, 0.717) is 36.2 Å². The van der Waals surface area contributed by atoms with Gasteiger partial charge in [0.15, 0.2) is 5.13 Å². The van der Waals surface area contributed by atoms with E-state index in [-0.39, 0.29) is 5.91 Å². The first-order chi connectivity index (χ1) is 8.67. The average molecular weight is 271 g/mol. The molecule has 0 bridgehead atoms. The molecule has 1 rings (SSSR count). The summed E-state index contributed by atoms with van der Waals surface area (Å²) in [7, 11) is 0. The van der Waals surface area contributed by atoms with Crippen molar-refractivity contribution >= 4 is 28.1 Å². The zero-order valence-corrected chi connectivity index (χ0v) is 11.3. The number of rotatable bonds is 7. The Morgan fingerprint density at radius 1 is 1.61 bits per heavy atom. The number of hydrogen-bond donors (Lipinski definition) is 2. The van der Waals surface area contributed by atoms with Crippen LogP contribution in [0.1, 0.15) is 32.4 Å². The highest BCUT2D eigenvalue weighted by Crippen LogP contribution is 2.16. The molecule has 0 saturated carbocycles. The molecule has 0 aliphatic rings. The molecule has 18 heavy (non-hydrogen) atoms. The normalized spacial score (nSPS) is 11.6. The summed E-state index contributed by atoms with van der Waals surface area (Å²) in [5.74, 6) is -0.134. The van der Waals surface area contributed by atoms with Crippen LogP contribution in [0.5, 0.6) is 0 Å². The largest absolute Gasteiger partial charge is 0.411 e. The van der Waals surface area contributed by atoms with Gasteiger partial charge in [-0.05, 0) is 13.3 Å². The minimum atomic E-state index is -0.134. The summed E-state index contributed by atoms with van der Waals surface area (Å²) in [4.78, 5) is 15.6. The number of thiazole rings is 1. The van der Waals surface area contributed by atoms with Gasteiger partial charge in [0.2, 0.25) is 5.91 Å². The number of nitrogens with zero attached hydrogens (tertiary/aromatic N) is 2. The molecule has 0 fully saturated rings. The lowest BCUT2D eigenvalue weighted by Gasteiger charge is -2.02. The van der Waals surface area contributed by atoms with Gasteiger partial charge in [0.05, 0.1) is 13.0 Å². The lowest BCUT2D eigenvalue weighted by Crippen LogP contribution is -2.14. The molecule has 0 atom stereocenters. The molecule has 1 aromatic rings. The number of carbonyl (C=O) groups is 1. The number of amides is 1. The maximum absolute atomic E-state index is 11.5. The molecular weight excluding hydrogens is 254 g/mol. The quantitative estimate of drug-likeness (QED) is 0.344. The Balaban J connectivity index is 2.38. The summed E-state index contributed by atoms with van der Waals surface area (Å²) in [6, 6.07) is 0. The van der Waals surface area contributed by atoms with E-state index < -0.39 is 0 Å². The third kappa shape index (κ3) is 4.80. The van der Waals surface area contributed by atoms with Gasteiger partial charge in [0, 0.05) is 12.0 Å². The molecule has 0 aliphatic heterocycles. The van der Waals surface area contributed by atoms with Gasteiger partial charge >= 0.3 is 0 Å². The van der Waals surface area contributed by atoms with E-state index in [9.17, 15) is 4.79 Å². The highest BCUT2D eigenvalue weighted by Gasteiger charge is 2.08. The fourth-order valence-corrected chi connectivity index (χ4v) is 1.91. The van der Waals surface area contributed by atoms with Crippen LogP contribution < -0.4 is 5.32 Å². The van der Waals surface area contributed by atoms with Crippen molar-refractivity contribution in [3.05, 3.63) is 11.1 Å². The predicted octanol–water partition coefficient (Wildman–Crippen LogP) is 2.10. The number of ether oxygens (including phenoxy) is 1. The Bertz CT molecular complexity index is 417. The topological polar surface area (TPSA) is 83.8 Å². The number of anilines is 1. The first-order valence-electron chi connectivity index (χ1n) is 5.69. The number of aromatic nitrogens is 1. The summed E-state index contributed by atoms with van der Waals surface area (Å²) in [5, 5.41) is 16.5. The highest BCUT2D eigenvalue weighted by molar-refractivity contribution is 7.14. The van der Waals surface area contributed by atoms with Crippen LogP contribution in [0.3, 0.4) is 0 Å². The Morgan fingerprint density at radius 2 is 2.39 bits per heavy atom. The molecule has 0 aromatic carbocycles. The molecule has 1 heterocycles. The van der Waals surface area contributed by atoms with Crippen molar-refractivity contribution in [3.63, 3.8) is 0 Å². The summed E-state index contributed by atoms with van der Waals surface area (Å²) < 4.78 is 5.22. The van der Waals surface area contributed by atoms with Crippen LogP contribution in [-0.4, -0.2) is 35.0 Å². The Kier molecular flexibility index (Phi) is 6.31. The van der Waals surface area contributed by atoms with Crippen molar-refractivity contribution in [3.8, 4) is 0 Å². The SMILES string of the molecule is CCCOCCC(=O)Nc1nc(/C(C)=N/O)cs1. The molecule has 100 valence electrons. The van der Waals surface area contributed by atoms with Gasteiger partial charge in [0.1, 0.15) is 11.4 Å². The number of hydrogen-bond acceptors (Lipinski definition) is 6. The molecular formula is C11H17N3O3S. The maximum atomic E-state index is 11.5. The molecule has 0 aliphatic carbocycles. The second kappa shape index (κ2) is 7.78. The van der Waals surface area contributed by atoms with Crippen molar-refractivity contribution in [2.75, 3.05) is 18.5 Å². The lowest BCUT2D eigenvalue weighted by atomic mass is 10.3. The smallest absolute Gasteiger partial charge is 0.228 e. The minimum Gasteiger partial charge on any atom is -0.411 e. The van der Waals surface area contributed by atoms with E-state index in [0.717, 1.165) is 6.42 Å². The van der Waals surface area contributed by atoms with Gasteiger partial charge in [-0.15, -0.1) is 11.3 Å². The second-order valence-electron chi connectivity index (χ2n) is 3.63. The van der Waals surface area contributed by atoms with Gasteiger partial charge in [-0.2, -0.15) is 0 Å². The Labute approximate surface area is 110 Å². The summed E-state index contributed by atoms with van der Waals surface area (Å²) in [6.45, 7) is 4.73. The van der Waals surface area contributed by atoms with Crippen LogP contribution in [0, 0.1) is 0 Å². The fraction of sp³-hybridized carbons (Fsp3) is 0.545. The van der Waals surface area contributed by atoms with Crippen molar-refractivity contribution in [1.82, 2.24) is 4.98 Å². The minimum absolute atomic E-state index is 0.134. The van der Waals surface area contributed by atoms with Crippen molar-refractivity contribution < 1.29 is 14.7 Å². The Morgan fingerprint density at radius 3 is 3.06 bits per heavy atom. The van der Waals surface area contributed by atoms with E-state index in [1.54, 1.807) is 12.3 Å². The predicted molar refractivity (Wildman–Crippen MR) is 70.5 cm³/mol. The van der Waals surface area contributed by atoms with Crippen molar-refractivity contribution in [2.24, 2.45) is 5.16 Å². The van der Waals surface area contributed by atoms with Gasteiger partial charge in [0.25, 0.3) is 0 Å². The van der Waals surface area contributed by atoms with Crippen LogP contribution in [0.4, 0.5) is 5.13 Å². The maximum Gasteiger partial charge on any atom is 0.228 e. The summed E-state index contributed by atoms with van der Waals surface area (Å²) in [5.41, 5.74) is 0.970. The lowest BCUT2D eigenvalue weighted by molar-refractivity contribution is -0.117. The number of carbonyl (C=O) groups excluding carboxylic acids is 1. The van der Waals surface area contributed by atoms with E-state index in [1.165, 1.54) is 11.3 Å². The summed E-state index contributed by atoms with van der Waals surface area (Å²) >= 11 is 1.29. The monoisotopic (exact) mass is 271 g/mol. The molecule has 2 N–H and O–H groups in total. The standard InChI is InChI=1S/C11H17N3O3S/c1-3-5-17-6-4-10(15)13-11-12-9(7-18-11)8(2)14-16/h7,16H,3-6H2,1-2H3,(H,12,13,15)/b14-8+. The first-order valence-corrected chi connectivity index (χ1v) is 6.57. The van der Waals surface area contributed by atoms with E-state index in [4.69, 9.17) is 9.94 Å². The second-order valence-corrected chi connectivity index (χ2v) is 4.49. The third-order valence-corrected chi connectivity index (χ3v) is 2.85. The van der Waals surface area contributed by atoms with Gasteiger partial charge in [-0.3, -0.25) is 4.79 Å². The van der Waals surface area contributed by atoms with Crippen LogP contribution in [0.25, 0.3) is 0 Å². The molecule has 7 heteroatoms. The van der Waals surface area contributed by atoms with E-state index in [2.05, 4.69) is 15.5 Å².